The summed E-state index contributed by atoms with van der Waals surface area (Å²) in [6, 6.07) is 14.2. The SMILES string of the molecule is CC(N)Cc1ccc(NC(=O)Nc2cccc(N=C(N)N)c2)cc1. The zero-order valence-electron chi connectivity index (χ0n) is 13.5. The Labute approximate surface area is 140 Å². The van der Waals surface area contributed by atoms with E-state index in [1.165, 1.54) is 0 Å². The third-order valence-electron chi connectivity index (χ3n) is 3.13. The molecule has 0 aromatic heterocycles. The van der Waals surface area contributed by atoms with Gasteiger partial charge in [-0.3, -0.25) is 0 Å². The predicted octanol–water partition coefficient (Wildman–Crippen LogP) is 2.13. The Kier molecular flexibility index (Phi) is 5.75. The number of carbonyl (C=O) groups excluding carboxylic acids is 1. The molecule has 2 aromatic carbocycles. The maximum absolute atomic E-state index is 12.1. The van der Waals surface area contributed by atoms with Crippen LogP contribution in [0.25, 0.3) is 0 Å². The molecule has 0 saturated carbocycles. The van der Waals surface area contributed by atoms with Gasteiger partial charge in [0.1, 0.15) is 0 Å². The minimum absolute atomic E-state index is 0.0384. The van der Waals surface area contributed by atoms with Gasteiger partial charge in [0.2, 0.25) is 0 Å². The standard InChI is InChI=1S/C17H22N6O/c1-11(18)9-12-5-7-13(8-6-12)22-17(24)23-15-4-2-3-14(10-15)21-16(19)20/h2-8,10-11H,9,18H2,1H3,(H4,19,20,21)(H2,22,23,24). The molecule has 0 aliphatic rings. The lowest BCUT2D eigenvalue weighted by molar-refractivity contribution is 0.262. The van der Waals surface area contributed by atoms with Crippen molar-refractivity contribution >= 4 is 29.1 Å². The molecule has 2 rings (SSSR count). The number of nitrogens with zero attached hydrogens (tertiary/aromatic N) is 1. The van der Waals surface area contributed by atoms with E-state index in [1.54, 1.807) is 24.3 Å². The fourth-order valence-corrected chi connectivity index (χ4v) is 2.19. The molecule has 0 aliphatic carbocycles. The van der Waals surface area contributed by atoms with E-state index in [0.29, 0.717) is 17.1 Å². The molecule has 2 aromatic rings. The Balaban J connectivity index is 1.97. The number of guanidine groups is 1. The van der Waals surface area contributed by atoms with Gasteiger partial charge in [-0.1, -0.05) is 18.2 Å². The lowest BCUT2D eigenvalue weighted by Crippen LogP contribution is -2.22. The van der Waals surface area contributed by atoms with E-state index in [0.717, 1.165) is 12.0 Å². The summed E-state index contributed by atoms with van der Waals surface area (Å²) >= 11 is 0. The number of amides is 2. The molecule has 7 nitrogen and oxygen atoms in total. The highest BCUT2D eigenvalue weighted by molar-refractivity contribution is 6.00. The van der Waals surface area contributed by atoms with Gasteiger partial charge in [-0.05, 0) is 49.2 Å². The number of benzene rings is 2. The quantitative estimate of drug-likeness (QED) is 0.425. The molecule has 2 amide bonds. The average Bonchev–Trinajstić information content (AvgIpc) is 2.48. The first-order chi connectivity index (χ1) is 11.4. The maximum Gasteiger partial charge on any atom is 0.323 e. The van der Waals surface area contributed by atoms with Crippen LogP contribution in [0.2, 0.25) is 0 Å². The summed E-state index contributed by atoms with van der Waals surface area (Å²) in [6.45, 7) is 1.95. The van der Waals surface area contributed by atoms with Crippen molar-refractivity contribution in [3.63, 3.8) is 0 Å². The van der Waals surface area contributed by atoms with E-state index < -0.39 is 0 Å². The van der Waals surface area contributed by atoms with Gasteiger partial charge in [0.05, 0.1) is 5.69 Å². The van der Waals surface area contributed by atoms with Gasteiger partial charge in [0.25, 0.3) is 0 Å². The molecule has 1 atom stereocenters. The molecule has 1 unspecified atom stereocenters. The van der Waals surface area contributed by atoms with Crippen molar-refractivity contribution in [2.45, 2.75) is 19.4 Å². The van der Waals surface area contributed by atoms with E-state index in [1.807, 2.05) is 31.2 Å². The zero-order chi connectivity index (χ0) is 17.5. The van der Waals surface area contributed by atoms with Crippen LogP contribution in [0.15, 0.2) is 53.5 Å². The summed E-state index contributed by atoms with van der Waals surface area (Å²) in [6.07, 6.45) is 0.796. The first kappa shape index (κ1) is 17.3. The number of nitrogens with one attached hydrogen (secondary N) is 2. The molecule has 0 aliphatic heterocycles. The van der Waals surface area contributed by atoms with Crippen molar-refractivity contribution in [1.82, 2.24) is 0 Å². The lowest BCUT2D eigenvalue weighted by Gasteiger charge is -2.10. The lowest BCUT2D eigenvalue weighted by atomic mass is 10.1. The van der Waals surface area contributed by atoms with Crippen LogP contribution >= 0.6 is 0 Å². The second-order valence-corrected chi connectivity index (χ2v) is 5.54. The van der Waals surface area contributed by atoms with Crippen LogP contribution in [0.1, 0.15) is 12.5 Å². The predicted molar refractivity (Wildman–Crippen MR) is 98.3 cm³/mol. The van der Waals surface area contributed by atoms with Crippen LogP contribution in [0, 0.1) is 0 Å². The Morgan fingerprint density at radius 3 is 2.38 bits per heavy atom. The number of hydrogen-bond acceptors (Lipinski definition) is 3. The molecule has 7 heteroatoms. The van der Waals surface area contributed by atoms with Gasteiger partial charge in [-0.25, -0.2) is 9.79 Å². The second kappa shape index (κ2) is 7.98. The summed E-state index contributed by atoms with van der Waals surface area (Å²) in [7, 11) is 0. The van der Waals surface area contributed by atoms with Crippen LogP contribution < -0.4 is 27.8 Å². The number of hydrogen-bond donors (Lipinski definition) is 5. The van der Waals surface area contributed by atoms with Gasteiger partial charge in [0, 0.05) is 17.4 Å². The maximum atomic E-state index is 12.1. The largest absolute Gasteiger partial charge is 0.370 e. The van der Waals surface area contributed by atoms with Crippen LogP contribution in [-0.4, -0.2) is 18.0 Å². The van der Waals surface area contributed by atoms with Gasteiger partial charge >= 0.3 is 6.03 Å². The molecule has 0 spiro atoms. The normalized spacial score (nSPS) is 11.4. The monoisotopic (exact) mass is 326 g/mol. The average molecular weight is 326 g/mol. The molecule has 0 fully saturated rings. The first-order valence-corrected chi connectivity index (χ1v) is 7.54. The van der Waals surface area contributed by atoms with Crippen LogP contribution in [0.3, 0.4) is 0 Å². The van der Waals surface area contributed by atoms with Crippen LogP contribution in [0.5, 0.6) is 0 Å². The van der Waals surface area contributed by atoms with E-state index in [2.05, 4.69) is 15.6 Å². The zero-order valence-corrected chi connectivity index (χ0v) is 13.5. The number of rotatable bonds is 5. The van der Waals surface area contributed by atoms with E-state index in [4.69, 9.17) is 17.2 Å². The second-order valence-electron chi connectivity index (χ2n) is 5.54. The van der Waals surface area contributed by atoms with E-state index in [-0.39, 0.29) is 18.0 Å². The smallest absolute Gasteiger partial charge is 0.323 e. The van der Waals surface area contributed by atoms with E-state index >= 15 is 0 Å². The van der Waals surface area contributed by atoms with E-state index in [9.17, 15) is 4.79 Å². The van der Waals surface area contributed by atoms with Gasteiger partial charge in [0.15, 0.2) is 5.96 Å². The fraction of sp³-hybridized carbons (Fsp3) is 0.176. The molecular weight excluding hydrogens is 304 g/mol. The Hall–Kier alpha value is -3.06. The summed E-state index contributed by atoms with van der Waals surface area (Å²) < 4.78 is 0. The van der Waals surface area contributed by atoms with Crippen molar-refractivity contribution in [2.75, 3.05) is 10.6 Å². The number of anilines is 2. The Morgan fingerprint density at radius 2 is 1.75 bits per heavy atom. The highest BCUT2D eigenvalue weighted by Crippen LogP contribution is 2.18. The van der Waals surface area contributed by atoms with Gasteiger partial charge < -0.3 is 27.8 Å². The van der Waals surface area contributed by atoms with Crippen molar-refractivity contribution in [3.8, 4) is 0 Å². The highest BCUT2D eigenvalue weighted by Gasteiger charge is 2.04. The summed E-state index contributed by atoms with van der Waals surface area (Å²) in [5.41, 5.74) is 19.4. The molecule has 0 heterocycles. The van der Waals surface area contributed by atoms with Gasteiger partial charge in [-0.15, -0.1) is 0 Å². The number of aliphatic imine (C=N–C) groups is 1. The van der Waals surface area contributed by atoms with Gasteiger partial charge in [-0.2, -0.15) is 0 Å². The Bertz CT molecular complexity index is 720. The minimum atomic E-state index is -0.350. The minimum Gasteiger partial charge on any atom is -0.370 e. The highest BCUT2D eigenvalue weighted by atomic mass is 16.2. The number of urea groups is 1. The molecule has 24 heavy (non-hydrogen) atoms. The summed E-state index contributed by atoms with van der Waals surface area (Å²) in [4.78, 5) is 16.0. The number of nitrogens with two attached hydrogens (primary N) is 3. The number of carbonyl (C=O) groups is 1. The topological polar surface area (TPSA) is 132 Å². The fourth-order valence-electron chi connectivity index (χ4n) is 2.19. The first-order valence-electron chi connectivity index (χ1n) is 7.54. The summed E-state index contributed by atoms with van der Waals surface area (Å²) in [5, 5.41) is 5.49. The van der Waals surface area contributed by atoms with Crippen molar-refractivity contribution in [2.24, 2.45) is 22.2 Å². The third-order valence-corrected chi connectivity index (χ3v) is 3.13. The summed E-state index contributed by atoms with van der Waals surface area (Å²) in [5.74, 6) is -0.0384. The third kappa shape index (κ3) is 5.62. The Morgan fingerprint density at radius 1 is 1.08 bits per heavy atom. The molecule has 8 N–H and O–H groups in total. The van der Waals surface area contributed by atoms with Crippen molar-refractivity contribution < 1.29 is 4.79 Å². The molecule has 0 radical (unpaired) electrons. The van der Waals surface area contributed by atoms with Crippen LogP contribution in [-0.2, 0) is 6.42 Å². The molecule has 126 valence electrons. The van der Waals surface area contributed by atoms with Crippen molar-refractivity contribution in [3.05, 3.63) is 54.1 Å². The molecule has 0 saturated heterocycles. The van der Waals surface area contributed by atoms with Crippen LogP contribution in [0.4, 0.5) is 21.9 Å². The van der Waals surface area contributed by atoms with Crippen molar-refractivity contribution in [1.29, 1.82) is 0 Å². The molecular formula is C17H22N6O. The molecule has 0 bridgehead atoms.